The van der Waals surface area contributed by atoms with Crippen molar-refractivity contribution in [1.82, 2.24) is 0 Å². The van der Waals surface area contributed by atoms with Crippen LogP contribution in [0.3, 0.4) is 0 Å². The molecule has 0 fully saturated rings. The maximum absolute atomic E-state index is 5.11. The van der Waals surface area contributed by atoms with Crippen molar-refractivity contribution in [3.63, 3.8) is 0 Å². The third-order valence-corrected chi connectivity index (χ3v) is 3.31. The molecule has 0 aromatic heterocycles. The summed E-state index contributed by atoms with van der Waals surface area (Å²) in [7, 11) is 4.42. The molecule has 1 unspecified atom stereocenters. The molecule has 110 valence electrons. The third-order valence-electron chi connectivity index (χ3n) is 2.81. The monoisotopic (exact) mass is 324 g/mol. The Labute approximate surface area is 133 Å². The van der Waals surface area contributed by atoms with Gasteiger partial charge in [0.05, 0.1) is 7.11 Å². The van der Waals surface area contributed by atoms with E-state index < -0.39 is 0 Å². The summed E-state index contributed by atoms with van der Waals surface area (Å²) in [5.74, 6) is 0.894. The molecule has 0 saturated carbocycles. The summed E-state index contributed by atoms with van der Waals surface area (Å²) in [6.07, 6.45) is 0. The SMILES string of the molecule is COc1ccc(-[c-]2cccc2P)cc1.[Fe].[cH-]1[cH-][cH-][cH-][cH-]1. The van der Waals surface area contributed by atoms with Crippen LogP contribution in [0.2, 0.25) is 0 Å². The van der Waals surface area contributed by atoms with Gasteiger partial charge in [0.1, 0.15) is 5.75 Å². The first-order chi connectivity index (χ1) is 9.31. The fourth-order valence-corrected chi connectivity index (χ4v) is 2.16. The fraction of sp³-hybridized carbons (Fsp3) is 0.0588. The Kier molecular flexibility index (Phi) is 7.33. The van der Waals surface area contributed by atoms with Crippen molar-refractivity contribution in [3.8, 4) is 16.9 Å². The van der Waals surface area contributed by atoms with E-state index in [4.69, 9.17) is 4.74 Å². The zero-order chi connectivity index (χ0) is 13.5. The molecule has 0 aliphatic heterocycles. The number of ether oxygens (including phenoxy) is 1. The van der Waals surface area contributed by atoms with Crippen molar-refractivity contribution in [2.24, 2.45) is 0 Å². The van der Waals surface area contributed by atoms with Crippen LogP contribution in [0.15, 0.2) is 72.8 Å². The van der Waals surface area contributed by atoms with E-state index in [1.807, 2.05) is 42.5 Å². The predicted octanol–water partition coefficient (Wildman–Crippen LogP) is 3.98. The molecule has 0 amide bonds. The van der Waals surface area contributed by atoms with Crippen LogP contribution in [0.5, 0.6) is 5.75 Å². The molecule has 3 rings (SSSR count). The summed E-state index contributed by atoms with van der Waals surface area (Å²) in [6.45, 7) is 0. The van der Waals surface area contributed by atoms with E-state index in [1.165, 1.54) is 16.4 Å². The first kappa shape index (κ1) is 16.7. The van der Waals surface area contributed by atoms with Crippen molar-refractivity contribution in [3.05, 3.63) is 72.8 Å². The number of hydrogen-bond donors (Lipinski definition) is 0. The zero-order valence-electron chi connectivity index (χ0n) is 11.3. The number of methoxy groups -OCH3 is 1. The smallest absolute Gasteiger partial charge is 0.104 e. The van der Waals surface area contributed by atoms with Gasteiger partial charge in [-0.15, -0.1) is 39.1 Å². The molecule has 0 heterocycles. The van der Waals surface area contributed by atoms with Crippen LogP contribution in [-0.2, 0) is 17.1 Å². The van der Waals surface area contributed by atoms with E-state index in [-0.39, 0.29) is 17.1 Å². The van der Waals surface area contributed by atoms with Gasteiger partial charge < -0.3 is 35.1 Å². The summed E-state index contributed by atoms with van der Waals surface area (Å²) < 4.78 is 5.11. The van der Waals surface area contributed by atoms with Crippen molar-refractivity contribution in [2.75, 3.05) is 7.11 Å². The maximum atomic E-state index is 5.11. The van der Waals surface area contributed by atoms with Crippen molar-refractivity contribution in [1.29, 1.82) is 0 Å². The summed E-state index contributed by atoms with van der Waals surface area (Å²) in [5, 5.41) is 1.23. The van der Waals surface area contributed by atoms with Crippen LogP contribution >= 0.6 is 9.24 Å². The van der Waals surface area contributed by atoms with E-state index in [1.54, 1.807) is 7.11 Å². The van der Waals surface area contributed by atoms with E-state index >= 15 is 0 Å². The van der Waals surface area contributed by atoms with Gasteiger partial charge in [0, 0.05) is 17.1 Å². The second kappa shape index (κ2) is 8.76. The van der Waals surface area contributed by atoms with Gasteiger partial charge >= 0.3 is 0 Å². The minimum absolute atomic E-state index is 0. The average Bonchev–Trinajstić information content (AvgIpc) is 3.13. The topological polar surface area (TPSA) is 9.23 Å². The van der Waals surface area contributed by atoms with Crippen molar-refractivity contribution >= 4 is 14.5 Å². The average molecular weight is 324 g/mol. The Balaban J connectivity index is 0.000000283. The van der Waals surface area contributed by atoms with Crippen LogP contribution in [0.25, 0.3) is 11.1 Å². The van der Waals surface area contributed by atoms with Crippen LogP contribution in [-0.4, -0.2) is 7.11 Å². The molecule has 3 heteroatoms. The van der Waals surface area contributed by atoms with Gasteiger partial charge in [-0.25, -0.2) is 0 Å². The van der Waals surface area contributed by atoms with Gasteiger partial charge in [0.25, 0.3) is 0 Å². The molecular formula is C17H17FeOP-6. The van der Waals surface area contributed by atoms with Crippen LogP contribution < -0.4 is 10.0 Å². The van der Waals surface area contributed by atoms with Gasteiger partial charge in [0.15, 0.2) is 0 Å². The first-order valence-electron chi connectivity index (χ1n) is 6.13. The minimum atomic E-state index is 0. The third kappa shape index (κ3) is 4.65. The molecule has 0 aliphatic rings. The Morgan fingerprint density at radius 3 is 1.90 bits per heavy atom. The van der Waals surface area contributed by atoms with Gasteiger partial charge in [-0.3, -0.25) is 0 Å². The Hall–Kier alpha value is -1.33. The summed E-state index contributed by atoms with van der Waals surface area (Å²) in [4.78, 5) is 0. The van der Waals surface area contributed by atoms with E-state index in [2.05, 4.69) is 39.6 Å². The number of rotatable bonds is 2. The predicted molar refractivity (Wildman–Crippen MR) is 85.4 cm³/mol. The van der Waals surface area contributed by atoms with Gasteiger partial charge in [0.2, 0.25) is 0 Å². The molecule has 0 bridgehead atoms. The Morgan fingerprint density at radius 1 is 0.950 bits per heavy atom. The van der Waals surface area contributed by atoms with Crippen LogP contribution in [0.4, 0.5) is 0 Å². The minimum Gasteiger partial charge on any atom is -0.748 e. The number of benzene rings is 1. The molecular weight excluding hydrogens is 307 g/mol. The van der Waals surface area contributed by atoms with Gasteiger partial charge in [-0.2, -0.15) is 6.07 Å². The van der Waals surface area contributed by atoms with Crippen LogP contribution in [0.1, 0.15) is 0 Å². The van der Waals surface area contributed by atoms with Crippen molar-refractivity contribution in [2.45, 2.75) is 0 Å². The van der Waals surface area contributed by atoms with Gasteiger partial charge in [-0.05, 0) is 0 Å². The molecule has 3 aromatic carbocycles. The molecule has 1 nitrogen and oxygen atoms in total. The van der Waals surface area contributed by atoms with Crippen molar-refractivity contribution < 1.29 is 21.8 Å². The second-order valence-electron chi connectivity index (χ2n) is 4.09. The fourth-order valence-electron chi connectivity index (χ4n) is 1.79. The quantitative estimate of drug-likeness (QED) is 0.394. The van der Waals surface area contributed by atoms with Crippen LogP contribution in [0, 0.1) is 0 Å². The Morgan fingerprint density at radius 2 is 1.50 bits per heavy atom. The number of hydrogen-bond acceptors (Lipinski definition) is 1. The molecule has 0 saturated heterocycles. The largest absolute Gasteiger partial charge is 0.748 e. The second-order valence-corrected chi connectivity index (χ2v) is 4.71. The summed E-state index contributed by atoms with van der Waals surface area (Å²) in [5.41, 5.74) is 2.48. The zero-order valence-corrected chi connectivity index (χ0v) is 13.5. The molecule has 0 N–H and O–H groups in total. The Bertz CT molecular complexity index is 565. The maximum Gasteiger partial charge on any atom is 0.104 e. The molecule has 0 radical (unpaired) electrons. The molecule has 20 heavy (non-hydrogen) atoms. The van der Waals surface area contributed by atoms with E-state index in [9.17, 15) is 0 Å². The summed E-state index contributed by atoms with van der Waals surface area (Å²) in [6, 6.07) is 24.4. The molecule has 3 aromatic rings. The summed E-state index contributed by atoms with van der Waals surface area (Å²) >= 11 is 0. The molecule has 1 atom stereocenters. The van der Waals surface area contributed by atoms with E-state index in [0.717, 1.165) is 5.75 Å². The van der Waals surface area contributed by atoms with E-state index in [0.29, 0.717) is 0 Å². The van der Waals surface area contributed by atoms with Gasteiger partial charge in [-0.1, -0.05) is 23.0 Å². The standard InChI is InChI=1S/C12H12OP.C5H5.Fe/c1-13-10-7-5-9(6-8-10)11-3-2-4-12(11)14;1-2-4-5-3-1;/h2-8H,14H2,1H3;1-5H;/q-1;-5;. The molecule has 0 aliphatic carbocycles. The normalized spacial score (nSPS) is 9.10. The first-order valence-corrected chi connectivity index (χ1v) is 6.71. The molecule has 0 spiro atoms.